The Morgan fingerprint density at radius 2 is 2.11 bits per heavy atom. The zero-order chi connectivity index (χ0) is 13.0. The van der Waals surface area contributed by atoms with Gasteiger partial charge in [0.15, 0.2) is 0 Å². The van der Waals surface area contributed by atoms with Crippen LogP contribution in [0.15, 0.2) is 28.1 Å². The van der Waals surface area contributed by atoms with E-state index in [-0.39, 0.29) is 0 Å². The highest BCUT2D eigenvalue weighted by atomic mass is 79.9. The minimum atomic E-state index is 0.440. The quantitative estimate of drug-likeness (QED) is 0.775. The van der Waals surface area contributed by atoms with Gasteiger partial charge in [0.05, 0.1) is 0 Å². The lowest BCUT2D eigenvalue weighted by atomic mass is 10.1. The van der Waals surface area contributed by atoms with Gasteiger partial charge < -0.3 is 5.32 Å². The van der Waals surface area contributed by atoms with Crippen LogP contribution in [0.1, 0.15) is 34.5 Å². The van der Waals surface area contributed by atoms with Gasteiger partial charge in [0.25, 0.3) is 0 Å². The van der Waals surface area contributed by atoms with Gasteiger partial charge in [-0.05, 0) is 52.5 Å². The molecule has 2 aromatic rings. The Bertz CT molecular complexity index is 489. The van der Waals surface area contributed by atoms with Gasteiger partial charge in [-0.15, -0.1) is 22.7 Å². The Morgan fingerprint density at radius 1 is 1.28 bits per heavy atom. The van der Waals surface area contributed by atoms with E-state index in [1.807, 2.05) is 22.7 Å². The summed E-state index contributed by atoms with van der Waals surface area (Å²) in [4.78, 5) is 4.35. The van der Waals surface area contributed by atoms with Crippen molar-refractivity contribution >= 4 is 38.6 Å². The van der Waals surface area contributed by atoms with E-state index in [2.05, 4.69) is 58.7 Å². The fourth-order valence-electron chi connectivity index (χ4n) is 1.95. The number of nitrogens with one attached hydrogen (secondary N) is 1. The van der Waals surface area contributed by atoms with Crippen LogP contribution in [0.5, 0.6) is 0 Å². The van der Waals surface area contributed by atoms with Crippen LogP contribution >= 0.6 is 38.6 Å². The second-order valence-corrected chi connectivity index (χ2v) is 7.22. The van der Waals surface area contributed by atoms with Crippen LogP contribution < -0.4 is 5.32 Å². The molecule has 1 N–H and O–H groups in total. The van der Waals surface area contributed by atoms with Crippen LogP contribution in [0.25, 0.3) is 0 Å². The molecule has 0 aliphatic carbocycles. The largest absolute Gasteiger partial charge is 0.309 e. The molecule has 0 aliphatic heterocycles. The van der Waals surface area contributed by atoms with Crippen molar-refractivity contribution in [3.8, 4) is 0 Å². The average Bonchev–Trinajstić information content (AvgIpc) is 2.98. The molecule has 4 heteroatoms. The Balaban J connectivity index is 2.15. The molecular formula is C14H18BrNS2. The average molecular weight is 344 g/mol. The third-order valence-electron chi connectivity index (χ3n) is 2.91. The second-order valence-electron chi connectivity index (χ2n) is 4.16. The van der Waals surface area contributed by atoms with Crippen molar-refractivity contribution in [2.45, 2.75) is 32.7 Å². The Labute approximate surface area is 125 Å². The topological polar surface area (TPSA) is 12.0 Å². The number of halogens is 1. The van der Waals surface area contributed by atoms with Gasteiger partial charge >= 0.3 is 0 Å². The molecule has 0 saturated heterocycles. The number of aryl methyl sites for hydroxylation is 1. The molecular weight excluding hydrogens is 326 g/mol. The summed E-state index contributed by atoms with van der Waals surface area (Å²) in [6.07, 6.45) is 2.20. The minimum Gasteiger partial charge on any atom is -0.309 e. The normalized spacial score (nSPS) is 12.8. The maximum atomic E-state index is 3.62. The molecule has 1 unspecified atom stereocenters. The van der Waals surface area contributed by atoms with Crippen LogP contribution in [0.3, 0.4) is 0 Å². The van der Waals surface area contributed by atoms with Crippen molar-refractivity contribution < 1.29 is 0 Å². The predicted molar refractivity (Wildman–Crippen MR) is 85.8 cm³/mol. The summed E-state index contributed by atoms with van der Waals surface area (Å²) in [5, 5.41) is 5.75. The first kappa shape index (κ1) is 14.3. The maximum absolute atomic E-state index is 3.62. The van der Waals surface area contributed by atoms with Crippen LogP contribution in [-0.2, 0) is 12.8 Å². The van der Waals surface area contributed by atoms with Crippen LogP contribution in [0.4, 0.5) is 0 Å². The Morgan fingerprint density at radius 3 is 2.67 bits per heavy atom. The number of hydrogen-bond acceptors (Lipinski definition) is 3. The van der Waals surface area contributed by atoms with Crippen molar-refractivity contribution in [3.63, 3.8) is 0 Å². The van der Waals surface area contributed by atoms with Crippen molar-refractivity contribution in [1.82, 2.24) is 5.32 Å². The van der Waals surface area contributed by atoms with Gasteiger partial charge in [-0.1, -0.05) is 13.8 Å². The van der Waals surface area contributed by atoms with E-state index in [4.69, 9.17) is 0 Å². The molecule has 0 radical (unpaired) electrons. The molecule has 0 bridgehead atoms. The first-order chi connectivity index (χ1) is 8.74. The molecule has 2 aromatic heterocycles. The lowest BCUT2D eigenvalue weighted by Crippen LogP contribution is -2.21. The Hall–Kier alpha value is -0.160. The van der Waals surface area contributed by atoms with Gasteiger partial charge in [-0.3, -0.25) is 0 Å². The summed E-state index contributed by atoms with van der Waals surface area (Å²) in [5.74, 6) is 0. The summed E-state index contributed by atoms with van der Waals surface area (Å²) in [5.41, 5.74) is 0. The van der Waals surface area contributed by atoms with E-state index in [0.717, 1.165) is 19.4 Å². The molecule has 0 aliphatic rings. The third-order valence-corrected chi connectivity index (χ3v) is 6.20. The zero-order valence-electron chi connectivity index (χ0n) is 10.7. The summed E-state index contributed by atoms with van der Waals surface area (Å²) >= 11 is 7.39. The highest BCUT2D eigenvalue weighted by Crippen LogP contribution is 2.31. The van der Waals surface area contributed by atoms with Gasteiger partial charge in [-0.2, -0.15) is 0 Å². The molecule has 2 heterocycles. The standard InChI is InChI=1S/C14H18BrNS2/c1-3-10-5-6-13(18-10)12(16-4-2)9-14-11(15)7-8-17-14/h5-8,12,16H,3-4,9H2,1-2H3. The van der Waals surface area contributed by atoms with Crippen molar-refractivity contribution in [1.29, 1.82) is 0 Å². The first-order valence-corrected chi connectivity index (χ1v) is 8.77. The second kappa shape index (κ2) is 6.85. The molecule has 0 fully saturated rings. The third kappa shape index (κ3) is 3.44. The van der Waals surface area contributed by atoms with E-state index in [1.54, 1.807) is 0 Å². The maximum Gasteiger partial charge on any atom is 0.0464 e. The van der Waals surface area contributed by atoms with Gasteiger partial charge in [0, 0.05) is 31.6 Å². The molecule has 2 rings (SSSR count). The zero-order valence-corrected chi connectivity index (χ0v) is 13.9. The summed E-state index contributed by atoms with van der Waals surface area (Å²) in [6, 6.07) is 7.11. The SMILES string of the molecule is CCNC(Cc1sccc1Br)c1ccc(CC)s1. The predicted octanol–water partition coefficient (Wildman–Crippen LogP) is 5.03. The molecule has 1 nitrogen and oxygen atoms in total. The summed E-state index contributed by atoms with van der Waals surface area (Å²) < 4.78 is 1.24. The molecule has 1 atom stereocenters. The molecule has 18 heavy (non-hydrogen) atoms. The van der Waals surface area contributed by atoms with E-state index in [0.29, 0.717) is 6.04 Å². The van der Waals surface area contributed by atoms with Crippen LogP contribution in [0.2, 0.25) is 0 Å². The summed E-state index contributed by atoms with van der Waals surface area (Å²) in [7, 11) is 0. The molecule has 98 valence electrons. The lowest BCUT2D eigenvalue weighted by molar-refractivity contribution is 0.561. The van der Waals surface area contributed by atoms with E-state index >= 15 is 0 Å². The number of hydrogen-bond donors (Lipinski definition) is 1. The molecule has 0 saturated carbocycles. The molecule has 0 aromatic carbocycles. The van der Waals surface area contributed by atoms with Crippen molar-refractivity contribution in [2.24, 2.45) is 0 Å². The van der Waals surface area contributed by atoms with Crippen molar-refractivity contribution in [3.05, 3.63) is 42.7 Å². The Kier molecular flexibility index (Phi) is 5.42. The first-order valence-electron chi connectivity index (χ1n) is 6.28. The van der Waals surface area contributed by atoms with Gasteiger partial charge in [0.1, 0.15) is 0 Å². The fourth-order valence-corrected chi connectivity index (χ4v) is 4.54. The monoisotopic (exact) mass is 343 g/mol. The highest BCUT2D eigenvalue weighted by Gasteiger charge is 2.15. The lowest BCUT2D eigenvalue weighted by Gasteiger charge is -2.15. The van der Waals surface area contributed by atoms with Crippen molar-refractivity contribution in [2.75, 3.05) is 6.54 Å². The van der Waals surface area contributed by atoms with Gasteiger partial charge in [-0.25, -0.2) is 0 Å². The number of likely N-dealkylation sites (N-methyl/N-ethyl adjacent to an activating group) is 1. The number of rotatable bonds is 6. The van der Waals surface area contributed by atoms with E-state index < -0.39 is 0 Å². The highest BCUT2D eigenvalue weighted by molar-refractivity contribution is 9.10. The smallest absolute Gasteiger partial charge is 0.0464 e. The number of thiophene rings is 2. The molecule has 0 amide bonds. The van der Waals surface area contributed by atoms with E-state index in [9.17, 15) is 0 Å². The van der Waals surface area contributed by atoms with Crippen LogP contribution in [-0.4, -0.2) is 6.54 Å². The molecule has 0 spiro atoms. The van der Waals surface area contributed by atoms with Gasteiger partial charge in [0.2, 0.25) is 0 Å². The van der Waals surface area contributed by atoms with Crippen LogP contribution in [0, 0.1) is 0 Å². The van der Waals surface area contributed by atoms with E-state index in [1.165, 1.54) is 19.1 Å². The minimum absolute atomic E-state index is 0.440. The fraction of sp³-hybridized carbons (Fsp3) is 0.429. The summed E-state index contributed by atoms with van der Waals surface area (Å²) in [6.45, 7) is 5.39.